The van der Waals surface area contributed by atoms with Crippen LogP contribution in [-0.2, 0) is 0 Å². The second-order valence-electron chi connectivity index (χ2n) is 2.27. The second-order valence-corrected chi connectivity index (χ2v) is 2.27. The van der Waals surface area contributed by atoms with Crippen molar-refractivity contribution < 1.29 is 0 Å². The molecule has 9 heavy (non-hydrogen) atoms. The van der Waals surface area contributed by atoms with E-state index in [0.29, 0.717) is 5.92 Å². The smallest absolute Gasteiger partial charge is 0.0244 e. The summed E-state index contributed by atoms with van der Waals surface area (Å²) in [5, 5.41) is 0. The summed E-state index contributed by atoms with van der Waals surface area (Å²) in [7, 11) is 1.87. The van der Waals surface area contributed by atoms with Crippen LogP contribution in [0.4, 0.5) is 0 Å². The Labute approximate surface area is 57.3 Å². The number of hydrogen-bond acceptors (Lipinski definition) is 2. The summed E-state index contributed by atoms with van der Waals surface area (Å²) in [6.07, 6.45) is 2.07. The van der Waals surface area contributed by atoms with E-state index in [1.54, 1.807) is 0 Å². The van der Waals surface area contributed by atoms with Gasteiger partial charge in [0.25, 0.3) is 0 Å². The number of hydrogen-bond donors (Lipinski definition) is 2. The van der Waals surface area contributed by atoms with Gasteiger partial charge in [0.05, 0.1) is 0 Å². The van der Waals surface area contributed by atoms with Crippen molar-refractivity contribution in [2.24, 2.45) is 5.92 Å². The van der Waals surface area contributed by atoms with Crippen LogP contribution >= 0.6 is 0 Å². The molecule has 0 radical (unpaired) electrons. The Morgan fingerprint density at radius 2 is 2.00 bits per heavy atom. The van der Waals surface area contributed by atoms with Gasteiger partial charge in [-0.3, -0.25) is 0 Å². The van der Waals surface area contributed by atoms with Gasteiger partial charge >= 0.3 is 0 Å². The van der Waals surface area contributed by atoms with Gasteiger partial charge in [-0.2, -0.15) is 0 Å². The van der Waals surface area contributed by atoms with Crippen LogP contribution in [0, 0.1) is 5.92 Å². The van der Waals surface area contributed by atoms with Crippen LogP contribution < -0.4 is 10.9 Å². The lowest BCUT2D eigenvalue weighted by Gasteiger charge is -2.11. The van der Waals surface area contributed by atoms with E-state index in [0.717, 1.165) is 0 Å². The quantitative estimate of drug-likeness (QED) is 0.559. The number of nitrogens with one attached hydrogen (secondary N) is 2. The van der Waals surface area contributed by atoms with Crippen molar-refractivity contribution in [2.45, 2.75) is 20.8 Å². The van der Waals surface area contributed by atoms with Crippen LogP contribution in [-0.4, -0.2) is 7.05 Å². The molecule has 0 aromatic carbocycles. The Morgan fingerprint density at radius 1 is 1.44 bits per heavy atom. The molecular formula is C7H16N2. The molecule has 54 valence electrons. The fourth-order valence-corrected chi connectivity index (χ4v) is 0.694. The molecule has 2 nitrogen and oxygen atoms in total. The van der Waals surface area contributed by atoms with E-state index in [2.05, 4.69) is 30.8 Å². The molecule has 0 aliphatic heterocycles. The van der Waals surface area contributed by atoms with Crippen LogP contribution in [0.3, 0.4) is 0 Å². The normalized spacial score (nSPS) is 12.3. The van der Waals surface area contributed by atoms with E-state index in [1.165, 1.54) is 5.70 Å². The molecule has 2 N–H and O–H groups in total. The molecule has 0 rings (SSSR count). The first-order valence-electron chi connectivity index (χ1n) is 3.31. The van der Waals surface area contributed by atoms with E-state index >= 15 is 0 Å². The Bertz CT molecular complexity index is 95.1. The standard InChI is InChI=1S/C7H16N2/c1-5-7(6(2)3)9-8-4/h5-6,8-9H,1-4H3/b7-5-. The molecule has 0 fully saturated rings. The van der Waals surface area contributed by atoms with Gasteiger partial charge in [-0.25, -0.2) is 5.43 Å². The molecule has 0 amide bonds. The minimum atomic E-state index is 0.572. The van der Waals surface area contributed by atoms with Gasteiger partial charge in [-0.15, -0.1) is 0 Å². The van der Waals surface area contributed by atoms with Gasteiger partial charge in [0.1, 0.15) is 0 Å². The second kappa shape index (κ2) is 4.39. The third-order valence-corrected chi connectivity index (χ3v) is 1.20. The van der Waals surface area contributed by atoms with Crippen molar-refractivity contribution in [3.63, 3.8) is 0 Å². The number of rotatable bonds is 3. The predicted molar refractivity (Wildman–Crippen MR) is 40.8 cm³/mol. The summed E-state index contributed by atoms with van der Waals surface area (Å²) in [6.45, 7) is 6.33. The summed E-state index contributed by atoms with van der Waals surface area (Å²) < 4.78 is 0. The van der Waals surface area contributed by atoms with Gasteiger partial charge in [0.15, 0.2) is 0 Å². The lowest BCUT2D eigenvalue weighted by Crippen LogP contribution is -2.28. The molecule has 0 aromatic rings. The molecule has 0 heterocycles. The van der Waals surface area contributed by atoms with Crippen LogP contribution in [0.25, 0.3) is 0 Å². The molecular weight excluding hydrogens is 112 g/mol. The largest absolute Gasteiger partial charge is 0.326 e. The highest BCUT2D eigenvalue weighted by atomic mass is 15.3. The summed E-state index contributed by atoms with van der Waals surface area (Å²) in [5.74, 6) is 0.572. The monoisotopic (exact) mass is 128 g/mol. The molecule has 0 saturated carbocycles. The zero-order valence-electron chi connectivity index (χ0n) is 6.65. The molecule has 0 aliphatic rings. The number of hydrazine groups is 1. The minimum Gasteiger partial charge on any atom is -0.326 e. The third kappa shape index (κ3) is 3.14. The van der Waals surface area contributed by atoms with Crippen LogP contribution in [0.2, 0.25) is 0 Å². The third-order valence-electron chi connectivity index (χ3n) is 1.20. The van der Waals surface area contributed by atoms with Gasteiger partial charge in [0, 0.05) is 12.7 Å². The zero-order chi connectivity index (χ0) is 7.28. The van der Waals surface area contributed by atoms with Crippen molar-refractivity contribution in [1.29, 1.82) is 0 Å². The van der Waals surface area contributed by atoms with E-state index < -0.39 is 0 Å². The molecule has 2 heteroatoms. The molecule has 0 aliphatic carbocycles. The first kappa shape index (κ1) is 8.50. The topological polar surface area (TPSA) is 24.1 Å². The lowest BCUT2D eigenvalue weighted by atomic mass is 10.1. The maximum Gasteiger partial charge on any atom is 0.0244 e. The van der Waals surface area contributed by atoms with Crippen molar-refractivity contribution in [2.75, 3.05) is 7.05 Å². The highest BCUT2D eigenvalue weighted by molar-refractivity contribution is 4.98. The predicted octanol–water partition coefficient (Wildman–Crippen LogP) is 1.27. The average Bonchev–Trinajstić information content (AvgIpc) is 1.82. The van der Waals surface area contributed by atoms with E-state index in [1.807, 2.05) is 14.0 Å². The maximum atomic E-state index is 3.04. The summed E-state index contributed by atoms with van der Waals surface area (Å²) >= 11 is 0. The molecule has 0 aromatic heterocycles. The van der Waals surface area contributed by atoms with E-state index in [-0.39, 0.29) is 0 Å². The van der Waals surface area contributed by atoms with Crippen molar-refractivity contribution in [3.8, 4) is 0 Å². The van der Waals surface area contributed by atoms with Crippen molar-refractivity contribution in [1.82, 2.24) is 10.9 Å². The van der Waals surface area contributed by atoms with Gasteiger partial charge < -0.3 is 5.43 Å². The first-order valence-corrected chi connectivity index (χ1v) is 3.31. The van der Waals surface area contributed by atoms with Gasteiger partial charge in [0.2, 0.25) is 0 Å². The van der Waals surface area contributed by atoms with E-state index in [9.17, 15) is 0 Å². The fraction of sp³-hybridized carbons (Fsp3) is 0.714. The Hall–Kier alpha value is -0.500. The summed E-state index contributed by atoms with van der Waals surface area (Å²) in [6, 6.07) is 0. The van der Waals surface area contributed by atoms with E-state index in [4.69, 9.17) is 0 Å². The molecule has 0 unspecified atom stereocenters. The minimum absolute atomic E-state index is 0.572. The summed E-state index contributed by atoms with van der Waals surface area (Å²) in [5.41, 5.74) is 7.16. The molecule has 0 saturated heterocycles. The van der Waals surface area contributed by atoms with Crippen LogP contribution in [0.1, 0.15) is 20.8 Å². The molecule has 0 spiro atoms. The van der Waals surface area contributed by atoms with Gasteiger partial charge in [-0.05, 0) is 12.8 Å². The summed E-state index contributed by atoms with van der Waals surface area (Å²) in [4.78, 5) is 0. The fourth-order valence-electron chi connectivity index (χ4n) is 0.694. The Balaban J connectivity index is 3.70. The van der Waals surface area contributed by atoms with Crippen molar-refractivity contribution in [3.05, 3.63) is 11.8 Å². The van der Waals surface area contributed by atoms with Gasteiger partial charge in [-0.1, -0.05) is 19.9 Å². The van der Waals surface area contributed by atoms with Crippen LogP contribution in [0.15, 0.2) is 11.8 Å². The molecule has 0 atom stereocenters. The first-order chi connectivity index (χ1) is 4.22. The zero-order valence-corrected chi connectivity index (χ0v) is 6.65. The Morgan fingerprint density at radius 3 is 2.11 bits per heavy atom. The molecule has 0 bridgehead atoms. The average molecular weight is 128 g/mol. The maximum absolute atomic E-state index is 3.04. The van der Waals surface area contributed by atoms with Crippen LogP contribution in [0.5, 0.6) is 0 Å². The Kier molecular flexibility index (Phi) is 4.14. The highest BCUT2D eigenvalue weighted by Crippen LogP contribution is 2.02. The SMILES string of the molecule is C/C=C(\NNC)C(C)C. The van der Waals surface area contributed by atoms with Crippen molar-refractivity contribution >= 4 is 0 Å². The highest BCUT2D eigenvalue weighted by Gasteiger charge is 1.97. The number of allylic oxidation sites excluding steroid dienone is 2. The lowest BCUT2D eigenvalue weighted by molar-refractivity contribution is 0.593.